The summed E-state index contributed by atoms with van der Waals surface area (Å²) in [5, 5.41) is 0. The van der Waals surface area contributed by atoms with Gasteiger partial charge in [-0.05, 0) is 24.3 Å². The Kier molecular flexibility index (Phi) is 2.53. The molecule has 5 nitrogen and oxygen atoms in total. The number of aromatic nitrogens is 2. The van der Waals surface area contributed by atoms with Crippen LogP contribution in [0.2, 0.25) is 0 Å². The second-order valence-corrected chi connectivity index (χ2v) is 4.87. The summed E-state index contributed by atoms with van der Waals surface area (Å²) in [6.07, 6.45) is 1.36. The molecule has 3 aromatic rings. The maximum atomic E-state index is 13.4. The van der Waals surface area contributed by atoms with E-state index in [1.165, 1.54) is 29.0 Å². The minimum Gasteiger partial charge on any atom is -0.248 e. The minimum atomic E-state index is -0.538. The van der Waals surface area contributed by atoms with Gasteiger partial charge < -0.3 is 0 Å². The molecule has 1 aliphatic rings. The van der Waals surface area contributed by atoms with Crippen LogP contribution in [0.4, 0.5) is 14.9 Å². The first-order chi connectivity index (χ1) is 10.7. The number of carbonyl (C=O) groups is 2. The number of benzene rings is 2. The predicted octanol–water partition coefficient (Wildman–Crippen LogP) is 2.29. The lowest BCUT2D eigenvalue weighted by Crippen LogP contribution is -2.46. The average molecular weight is 294 g/mol. The van der Waals surface area contributed by atoms with E-state index in [-0.39, 0.29) is 11.4 Å². The van der Waals surface area contributed by atoms with E-state index in [1.54, 1.807) is 24.3 Å². The van der Waals surface area contributed by atoms with E-state index >= 15 is 0 Å². The van der Waals surface area contributed by atoms with Gasteiger partial charge in [0.2, 0.25) is 5.69 Å². The maximum absolute atomic E-state index is 13.4. The largest absolute Gasteiger partial charge is 0.512 e. The lowest BCUT2D eigenvalue weighted by atomic mass is 10.2. The fraction of sp³-hybridized carbons (Fsp3) is 0. The zero-order valence-electron chi connectivity index (χ0n) is 11.2. The van der Waals surface area contributed by atoms with E-state index in [1.807, 2.05) is 0 Å². The summed E-state index contributed by atoms with van der Waals surface area (Å²) >= 11 is 0. The molecule has 0 atom stereocenters. The van der Waals surface area contributed by atoms with Gasteiger partial charge in [0.05, 0.1) is 6.20 Å². The highest BCUT2D eigenvalue weighted by Gasteiger charge is 2.48. The second kappa shape index (κ2) is 4.42. The summed E-state index contributed by atoms with van der Waals surface area (Å²) in [6, 6.07) is 11.9. The van der Waals surface area contributed by atoms with Crippen molar-refractivity contribution in [3.8, 4) is 0 Å². The lowest BCUT2D eigenvalue weighted by Gasteiger charge is -2.03. The second-order valence-electron chi connectivity index (χ2n) is 4.87. The maximum Gasteiger partial charge on any atom is 0.512 e. The van der Waals surface area contributed by atoms with Gasteiger partial charge in [-0.2, -0.15) is 4.79 Å². The van der Waals surface area contributed by atoms with Gasteiger partial charge in [-0.15, -0.1) is 9.47 Å². The smallest absolute Gasteiger partial charge is 0.248 e. The molecule has 0 spiro atoms. The normalized spacial score (nSPS) is 13.8. The first-order valence-electron chi connectivity index (χ1n) is 6.61. The van der Waals surface area contributed by atoms with Crippen LogP contribution in [0.1, 0.15) is 10.5 Å². The number of halogens is 1. The van der Waals surface area contributed by atoms with Crippen molar-refractivity contribution >= 4 is 28.7 Å². The van der Waals surface area contributed by atoms with Gasteiger partial charge in [-0.1, -0.05) is 18.2 Å². The summed E-state index contributed by atoms with van der Waals surface area (Å²) in [7, 11) is 0. The predicted molar refractivity (Wildman–Crippen MR) is 75.9 cm³/mol. The van der Waals surface area contributed by atoms with Gasteiger partial charge in [0.25, 0.3) is 0 Å². The zero-order chi connectivity index (χ0) is 15.3. The number of imide groups is 1. The molecule has 0 saturated carbocycles. The summed E-state index contributed by atoms with van der Waals surface area (Å²) in [4.78, 5) is 30.3. The fourth-order valence-electron chi connectivity index (χ4n) is 2.58. The molecule has 4 rings (SSSR count). The molecular formula is C16H9FN3O2+. The molecule has 1 aliphatic heterocycles. The van der Waals surface area contributed by atoms with Crippen molar-refractivity contribution in [2.24, 2.45) is 0 Å². The average Bonchev–Trinajstić information content (AvgIpc) is 2.79. The van der Waals surface area contributed by atoms with Crippen molar-refractivity contribution in [3.63, 3.8) is 0 Å². The topological polar surface area (TPSA) is 54.2 Å². The minimum absolute atomic E-state index is 0.160. The highest BCUT2D eigenvalue weighted by atomic mass is 19.1. The van der Waals surface area contributed by atoms with Crippen molar-refractivity contribution in [2.75, 3.05) is 4.90 Å². The monoisotopic (exact) mass is 294 g/mol. The van der Waals surface area contributed by atoms with Gasteiger partial charge in [0, 0.05) is 6.07 Å². The molecule has 22 heavy (non-hydrogen) atoms. The SMILES string of the molecule is O=C1c2cnc3ccccc3[n+]2C(=O)N1c1cccc(F)c1. The Morgan fingerprint density at radius 3 is 2.68 bits per heavy atom. The number of fused-ring (bicyclic) bond motifs is 3. The lowest BCUT2D eigenvalue weighted by molar-refractivity contribution is -0.537. The number of amides is 2. The third-order valence-corrected chi connectivity index (χ3v) is 3.56. The van der Waals surface area contributed by atoms with E-state index < -0.39 is 17.8 Å². The number of carbonyl (C=O) groups excluding carboxylic acids is 2. The molecule has 2 heterocycles. The van der Waals surface area contributed by atoms with Gasteiger partial charge in [0.1, 0.15) is 17.0 Å². The third kappa shape index (κ3) is 1.64. The Bertz CT molecular complexity index is 955. The van der Waals surface area contributed by atoms with Crippen LogP contribution in [0.25, 0.3) is 11.0 Å². The van der Waals surface area contributed by atoms with Crippen LogP contribution in [-0.2, 0) is 0 Å². The summed E-state index contributed by atoms with van der Waals surface area (Å²) in [5.41, 5.74) is 1.50. The molecule has 0 fully saturated rings. The van der Waals surface area contributed by atoms with Crippen LogP contribution in [0.5, 0.6) is 0 Å². The third-order valence-electron chi connectivity index (χ3n) is 3.56. The van der Waals surface area contributed by atoms with Crippen molar-refractivity contribution in [1.82, 2.24) is 4.98 Å². The van der Waals surface area contributed by atoms with Crippen LogP contribution in [-0.4, -0.2) is 16.9 Å². The van der Waals surface area contributed by atoms with E-state index in [0.717, 1.165) is 11.0 Å². The van der Waals surface area contributed by atoms with Gasteiger partial charge in [0.15, 0.2) is 5.52 Å². The van der Waals surface area contributed by atoms with Crippen LogP contribution in [0.3, 0.4) is 0 Å². The molecule has 2 aromatic carbocycles. The summed E-state index contributed by atoms with van der Waals surface area (Å²) in [5.74, 6) is -1.03. The molecule has 2 amide bonds. The fourth-order valence-corrected chi connectivity index (χ4v) is 2.58. The molecule has 0 N–H and O–H groups in total. The molecule has 0 unspecified atom stereocenters. The number of hydrogen-bond donors (Lipinski definition) is 0. The Labute approximate surface area is 124 Å². The van der Waals surface area contributed by atoms with Gasteiger partial charge in [-0.3, -0.25) is 0 Å². The molecule has 0 bridgehead atoms. The molecule has 1 aromatic heterocycles. The van der Waals surface area contributed by atoms with Crippen molar-refractivity contribution < 1.29 is 18.5 Å². The van der Waals surface area contributed by atoms with Crippen LogP contribution in [0.15, 0.2) is 54.7 Å². The zero-order valence-corrected chi connectivity index (χ0v) is 11.2. The Morgan fingerprint density at radius 2 is 1.86 bits per heavy atom. The van der Waals surface area contributed by atoms with Crippen LogP contribution < -0.4 is 9.47 Å². The van der Waals surface area contributed by atoms with Gasteiger partial charge >= 0.3 is 11.9 Å². The molecule has 0 saturated heterocycles. The van der Waals surface area contributed by atoms with Crippen molar-refractivity contribution in [1.29, 1.82) is 0 Å². The number of nitrogens with zero attached hydrogens (tertiary/aromatic N) is 3. The highest BCUT2D eigenvalue weighted by molar-refractivity contribution is 6.21. The number of anilines is 1. The number of hydrogen-bond acceptors (Lipinski definition) is 3. The van der Waals surface area contributed by atoms with Crippen molar-refractivity contribution in [3.05, 3.63) is 66.2 Å². The summed E-state index contributed by atoms with van der Waals surface area (Å²) < 4.78 is 14.7. The quantitative estimate of drug-likeness (QED) is 0.647. The van der Waals surface area contributed by atoms with Crippen LogP contribution >= 0.6 is 0 Å². The Balaban J connectivity index is 1.95. The number of para-hydroxylation sites is 2. The number of rotatable bonds is 1. The van der Waals surface area contributed by atoms with Crippen molar-refractivity contribution in [2.45, 2.75) is 0 Å². The molecule has 0 aliphatic carbocycles. The first kappa shape index (κ1) is 12.6. The van der Waals surface area contributed by atoms with E-state index in [4.69, 9.17) is 0 Å². The Morgan fingerprint density at radius 1 is 1.05 bits per heavy atom. The molecule has 106 valence electrons. The van der Waals surface area contributed by atoms with Gasteiger partial charge in [-0.25, -0.2) is 14.2 Å². The molecule has 0 radical (unpaired) electrons. The molecule has 6 heteroatoms. The standard InChI is InChI=1S/C16H9FN3O2/c17-10-4-3-5-11(8-10)19-15(21)14-9-18-12-6-1-2-7-13(12)20(14)16(19)22/h1-9H/q+1. The highest BCUT2D eigenvalue weighted by Crippen LogP contribution is 2.22. The van der Waals surface area contributed by atoms with E-state index in [0.29, 0.717) is 11.0 Å². The van der Waals surface area contributed by atoms with E-state index in [9.17, 15) is 14.0 Å². The summed E-state index contributed by atoms with van der Waals surface area (Å²) in [6.45, 7) is 0. The van der Waals surface area contributed by atoms with E-state index in [2.05, 4.69) is 4.98 Å². The molecular weight excluding hydrogens is 285 g/mol. The first-order valence-corrected chi connectivity index (χ1v) is 6.61. The van der Waals surface area contributed by atoms with Crippen LogP contribution in [0, 0.1) is 5.82 Å². The Hall–Kier alpha value is -3.15.